The maximum absolute atomic E-state index is 11.7. The van der Waals surface area contributed by atoms with Crippen molar-refractivity contribution in [3.8, 4) is 0 Å². The van der Waals surface area contributed by atoms with E-state index >= 15 is 0 Å². The summed E-state index contributed by atoms with van der Waals surface area (Å²) in [5, 5.41) is 8.29. The molecular formula is C11H17N3O2S2. The van der Waals surface area contributed by atoms with Crippen molar-refractivity contribution in [1.82, 2.24) is 15.6 Å². The summed E-state index contributed by atoms with van der Waals surface area (Å²) >= 11 is 5.63. The van der Waals surface area contributed by atoms with Crippen molar-refractivity contribution in [2.75, 3.05) is 12.3 Å². The third-order valence-corrected chi connectivity index (χ3v) is 3.41. The fraction of sp³-hybridized carbons (Fsp3) is 0.545. The summed E-state index contributed by atoms with van der Waals surface area (Å²) in [4.78, 5) is 26.9. The third-order valence-electron chi connectivity index (χ3n) is 2.22. The van der Waals surface area contributed by atoms with Crippen molar-refractivity contribution >= 4 is 35.8 Å². The highest BCUT2D eigenvalue weighted by Crippen LogP contribution is 2.07. The SMILES string of the molecule is CC(=O)NC(CS)C(=O)NCCc1csc(C)n1. The Hall–Kier alpha value is -1.08. The molecule has 5 nitrogen and oxygen atoms in total. The van der Waals surface area contributed by atoms with Crippen LogP contribution in [0.3, 0.4) is 0 Å². The van der Waals surface area contributed by atoms with Gasteiger partial charge in [0, 0.05) is 31.0 Å². The number of aryl methyl sites for hydroxylation is 1. The normalized spacial score (nSPS) is 11.9. The average Bonchev–Trinajstić information content (AvgIpc) is 2.71. The van der Waals surface area contributed by atoms with E-state index in [0.29, 0.717) is 13.0 Å². The summed E-state index contributed by atoms with van der Waals surface area (Å²) in [5.41, 5.74) is 0.972. The molecule has 0 spiro atoms. The Kier molecular flexibility index (Phi) is 6.14. The highest BCUT2D eigenvalue weighted by Gasteiger charge is 2.16. The lowest BCUT2D eigenvalue weighted by Gasteiger charge is -2.14. The number of thiazole rings is 1. The number of amides is 2. The van der Waals surface area contributed by atoms with E-state index in [1.807, 2.05) is 12.3 Å². The molecule has 0 radical (unpaired) electrons. The van der Waals surface area contributed by atoms with Crippen LogP contribution in [0.1, 0.15) is 17.6 Å². The van der Waals surface area contributed by atoms with Crippen LogP contribution in [0.25, 0.3) is 0 Å². The van der Waals surface area contributed by atoms with Gasteiger partial charge in [-0.1, -0.05) is 0 Å². The molecule has 1 aromatic heterocycles. The van der Waals surface area contributed by atoms with Crippen LogP contribution in [0.5, 0.6) is 0 Å². The first-order valence-corrected chi connectivity index (χ1v) is 7.11. The van der Waals surface area contributed by atoms with Crippen LogP contribution in [0.15, 0.2) is 5.38 Å². The average molecular weight is 287 g/mol. The molecule has 1 unspecified atom stereocenters. The van der Waals surface area contributed by atoms with Crippen LogP contribution >= 0.6 is 24.0 Å². The molecular weight excluding hydrogens is 270 g/mol. The molecule has 0 aliphatic rings. The minimum absolute atomic E-state index is 0.216. The largest absolute Gasteiger partial charge is 0.354 e. The van der Waals surface area contributed by atoms with E-state index in [0.717, 1.165) is 10.7 Å². The molecule has 2 N–H and O–H groups in total. The Bertz CT molecular complexity index is 420. The molecule has 1 atom stereocenters. The second-order valence-electron chi connectivity index (χ2n) is 3.83. The molecule has 0 aliphatic carbocycles. The van der Waals surface area contributed by atoms with Crippen molar-refractivity contribution in [3.63, 3.8) is 0 Å². The third kappa shape index (κ3) is 5.05. The van der Waals surface area contributed by atoms with Gasteiger partial charge in [-0.25, -0.2) is 4.98 Å². The standard InChI is InChI=1S/C11H17N3O2S2/c1-7(15)13-10(5-17)11(16)12-4-3-9-6-18-8(2)14-9/h6,10,17H,3-5H2,1-2H3,(H,12,16)(H,13,15). The lowest BCUT2D eigenvalue weighted by molar-refractivity contribution is -0.127. The topological polar surface area (TPSA) is 71.1 Å². The molecule has 0 fully saturated rings. The number of hydrogen-bond donors (Lipinski definition) is 3. The zero-order chi connectivity index (χ0) is 13.5. The van der Waals surface area contributed by atoms with Gasteiger partial charge in [0.2, 0.25) is 11.8 Å². The maximum Gasteiger partial charge on any atom is 0.243 e. The number of carbonyl (C=O) groups is 2. The Labute approximate surface area is 116 Å². The second kappa shape index (κ2) is 7.38. The van der Waals surface area contributed by atoms with Gasteiger partial charge >= 0.3 is 0 Å². The number of nitrogens with one attached hydrogen (secondary N) is 2. The zero-order valence-corrected chi connectivity index (χ0v) is 12.1. The van der Waals surface area contributed by atoms with Gasteiger partial charge < -0.3 is 10.6 Å². The van der Waals surface area contributed by atoms with Gasteiger partial charge in [0.05, 0.1) is 10.7 Å². The van der Waals surface area contributed by atoms with Gasteiger partial charge in [-0.3, -0.25) is 9.59 Å². The minimum atomic E-state index is -0.581. The summed E-state index contributed by atoms with van der Waals surface area (Å²) in [5.74, 6) is -0.173. The van der Waals surface area contributed by atoms with E-state index in [9.17, 15) is 9.59 Å². The van der Waals surface area contributed by atoms with Crippen molar-refractivity contribution in [3.05, 3.63) is 16.1 Å². The number of rotatable bonds is 6. The van der Waals surface area contributed by atoms with Gasteiger partial charge in [-0.05, 0) is 6.92 Å². The highest BCUT2D eigenvalue weighted by atomic mass is 32.1. The monoisotopic (exact) mass is 287 g/mol. The Morgan fingerprint density at radius 3 is 2.78 bits per heavy atom. The smallest absolute Gasteiger partial charge is 0.243 e. The van der Waals surface area contributed by atoms with E-state index in [4.69, 9.17) is 0 Å². The molecule has 7 heteroatoms. The molecule has 18 heavy (non-hydrogen) atoms. The van der Waals surface area contributed by atoms with E-state index in [1.54, 1.807) is 11.3 Å². The number of nitrogens with zero attached hydrogens (tertiary/aromatic N) is 1. The summed E-state index contributed by atoms with van der Waals surface area (Å²) in [6.07, 6.45) is 0.690. The molecule has 1 heterocycles. The zero-order valence-electron chi connectivity index (χ0n) is 10.4. The molecule has 1 rings (SSSR count). The van der Waals surface area contributed by atoms with E-state index in [1.165, 1.54) is 6.92 Å². The lowest BCUT2D eigenvalue weighted by Crippen LogP contribution is -2.47. The fourth-order valence-corrected chi connectivity index (χ4v) is 2.30. The number of thiol groups is 1. The van der Waals surface area contributed by atoms with Crippen LogP contribution in [0.4, 0.5) is 0 Å². The lowest BCUT2D eigenvalue weighted by atomic mass is 10.3. The fourth-order valence-electron chi connectivity index (χ4n) is 1.40. The Morgan fingerprint density at radius 1 is 1.56 bits per heavy atom. The Morgan fingerprint density at radius 2 is 2.28 bits per heavy atom. The molecule has 0 aliphatic heterocycles. The quantitative estimate of drug-likeness (QED) is 0.669. The predicted molar refractivity (Wildman–Crippen MR) is 75.0 cm³/mol. The molecule has 0 saturated heterocycles. The summed E-state index contributed by atoms with van der Waals surface area (Å²) < 4.78 is 0. The van der Waals surface area contributed by atoms with Crippen LogP contribution < -0.4 is 10.6 Å². The molecule has 2 amide bonds. The van der Waals surface area contributed by atoms with Crippen molar-refractivity contribution in [2.24, 2.45) is 0 Å². The van der Waals surface area contributed by atoms with Crippen LogP contribution in [-0.4, -0.2) is 35.1 Å². The molecule has 100 valence electrons. The summed E-state index contributed by atoms with van der Waals surface area (Å²) in [7, 11) is 0. The van der Waals surface area contributed by atoms with E-state index in [-0.39, 0.29) is 17.6 Å². The Balaban J connectivity index is 2.33. The first kappa shape index (κ1) is 15.0. The molecule has 0 saturated carbocycles. The molecule has 0 bridgehead atoms. The first-order chi connectivity index (χ1) is 8.52. The van der Waals surface area contributed by atoms with Crippen molar-refractivity contribution in [1.29, 1.82) is 0 Å². The van der Waals surface area contributed by atoms with E-state index in [2.05, 4.69) is 28.2 Å². The second-order valence-corrected chi connectivity index (χ2v) is 5.26. The maximum atomic E-state index is 11.7. The van der Waals surface area contributed by atoms with Gasteiger partial charge in [0.1, 0.15) is 6.04 Å². The summed E-state index contributed by atoms with van der Waals surface area (Å²) in [6, 6.07) is -0.581. The van der Waals surface area contributed by atoms with Crippen LogP contribution in [-0.2, 0) is 16.0 Å². The number of carbonyl (C=O) groups excluding carboxylic acids is 2. The van der Waals surface area contributed by atoms with Gasteiger partial charge in [-0.2, -0.15) is 12.6 Å². The van der Waals surface area contributed by atoms with Crippen LogP contribution in [0.2, 0.25) is 0 Å². The molecule has 0 aromatic carbocycles. The predicted octanol–water partition coefficient (Wildman–Crippen LogP) is 0.545. The van der Waals surface area contributed by atoms with Crippen LogP contribution in [0, 0.1) is 6.92 Å². The van der Waals surface area contributed by atoms with Crippen molar-refractivity contribution < 1.29 is 9.59 Å². The summed E-state index contributed by atoms with van der Waals surface area (Å²) in [6.45, 7) is 3.83. The first-order valence-electron chi connectivity index (χ1n) is 5.59. The van der Waals surface area contributed by atoms with Gasteiger partial charge in [-0.15, -0.1) is 11.3 Å². The number of hydrogen-bond acceptors (Lipinski definition) is 5. The minimum Gasteiger partial charge on any atom is -0.354 e. The van der Waals surface area contributed by atoms with Gasteiger partial charge in [0.25, 0.3) is 0 Å². The van der Waals surface area contributed by atoms with Crippen molar-refractivity contribution in [2.45, 2.75) is 26.3 Å². The highest BCUT2D eigenvalue weighted by molar-refractivity contribution is 7.80. The number of aromatic nitrogens is 1. The van der Waals surface area contributed by atoms with E-state index < -0.39 is 6.04 Å². The molecule has 1 aromatic rings. The van der Waals surface area contributed by atoms with Gasteiger partial charge in [0.15, 0.2) is 0 Å².